The third-order valence-corrected chi connectivity index (χ3v) is 3.11. The van der Waals surface area contributed by atoms with Crippen molar-refractivity contribution in [1.82, 2.24) is 5.01 Å². The van der Waals surface area contributed by atoms with Gasteiger partial charge in [0.1, 0.15) is 5.75 Å². The maximum absolute atomic E-state index is 13.0. The van der Waals surface area contributed by atoms with Crippen LogP contribution in [0.3, 0.4) is 0 Å². The van der Waals surface area contributed by atoms with Crippen LogP contribution in [0, 0.1) is 0 Å². The van der Waals surface area contributed by atoms with Gasteiger partial charge in [0.25, 0.3) is 11.6 Å². The summed E-state index contributed by atoms with van der Waals surface area (Å²) < 4.78 is 44.0. The molecule has 0 fully saturated rings. The van der Waals surface area contributed by atoms with E-state index in [1.165, 1.54) is 38.3 Å². The van der Waals surface area contributed by atoms with Crippen molar-refractivity contribution >= 4 is 11.6 Å². The Morgan fingerprint density at radius 2 is 1.95 bits per heavy atom. The van der Waals surface area contributed by atoms with Crippen LogP contribution in [0.25, 0.3) is 0 Å². The van der Waals surface area contributed by atoms with E-state index in [-0.39, 0.29) is 16.3 Å². The van der Waals surface area contributed by atoms with Crippen molar-refractivity contribution in [3.05, 3.63) is 29.8 Å². The molecule has 0 saturated carbocycles. The molecule has 1 aliphatic heterocycles. The minimum absolute atomic E-state index is 0.0247. The van der Waals surface area contributed by atoms with Crippen molar-refractivity contribution < 1.29 is 27.8 Å². The lowest BCUT2D eigenvalue weighted by atomic mass is 10.1. The number of methoxy groups -OCH3 is 1. The second-order valence-corrected chi connectivity index (χ2v) is 4.67. The van der Waals surface area contributed by atoms with Gasteiger partial charge < -0.3 is 9.84 Å². The molecule has 8 heteroatoms. The van der Waals surface area contributed by atoms with Crippen LogP contribution < -0.4 is 4.74 Å². The Morgan fingerprint density at radius 3 is 2.43 bits per heavy atom. The Balaban J connectivity index is 2.35. The first-order valence-corrected chi connectivity index (χ1v) is 6.01. The van der Waals surface area contributed by atoms with E-state index in [0.717, 1.165) is 0 Å². The van der Waals surface area contributed by atoms with E-state index in [1.807, 2.05) is 0 Å². The Bertz CT molecular complexity index is 583. The van der Waals surface area contributed by atoms with Crippen molar-refractivity contribution in [2.24, 2.45) is 5.10 Å². The zero-order valence-electron chi connectivity index (χ0n) is 11.3. The first-order chi connectivity index (χ1) is 9.69. The second kappa shape index (κ2) is 5.03. The summed E-state index contributed by atoms with van der Waals surface area (Å²) in [5, 5.41) is 13.4. The Morgan fingerprint density at radius 1 is 1.38 bits per heavy atom. The van der Waals surface area contributed by atoms with Crippen molar-refractivity contribution in [3.8, 4) is 5.75 Å². The molecule has 5 nitrogen and oxygen atoms in total. The first-order valence-electron chi connectivity index (χ1n) is 6.01. The number of carbonyl (C=O) groups is 1. The van der Waals surface area contributed by atoms with Gasteiger partial charge in [-0.1, -0.05) is 0 Å². The number of hydrogen-bond acceptors (Lipinski definition) is 4. The third kappa shape index (κ3) is 2.58. The molecule has 0 bridgehead atoms. The van der Waals surface area contributed by atoms with Gasteiger partial charge in [0.15, 0.2) is 0 Å². The van der Waals surface area contributed by atoms with Gasteiger partial charge in [0.05, 0.1) is 7.11 Å². The Hall–Kier alpha value is -2.09. The van der Waals surface area contributed by atoms with Gasteiger partial charge >= 0.3 is 6.18 Å². The summed E-state index contributed by atoms with van der Waals surface area (Å²) in [6.45, 7) is 1.32. The lowest BCUT2D eigenvalue weighted by molar-refractivity contribution is -0.297. The van der Waals surface area contributed by atoms with Crippen LogP contribution in [0.15, 0.2) is 29.4 Å². The molecule has 0 spiro atoms. The van der Waals surface area contributed by atoms with E-state index in [1.54, 1.807) is 0 Å². The number of rotatable bonds is 2. The molecular formula is C13H13F3N2O3. The topological polar surface area (TPSA) is 62.1 Å². The predicted molar refractivity (Wildman–Crippen MR) is 67.9 cm³/mol. The van der Waals surface area contributed by atoms with Crippen LogP contribution in [0.5, 0.6) is 5.75 Å². The van der Waals surface area contributed by atoms with Gasteiger partial charge in [-0.3, -0.25) is 4.79 Å². The van der Waals surface area contributed by atoms with Crippen LogP contribution in [0.1, 0.15) is 23.7 Å². The van der Waals surface area contributed by atoms with Crippen LogP contribution in [-0.4, -0.2) is 40.7 Å². The maximum Gasteiger partial charge on any atom is 0.438 e. The van der Waals surface area contributed by atoms with E-state index in [9.17, 15) is 23.1 Å². The highest BCUT2D eigenvalue weighted by Gasteiger charge is 2.62. The molecular weight excluding hydrogens is 289 g/mol. The van der Waals surface area contributed by atoms with Gasteiger partial charge in [-0.25, -0.2) is 0 Å². The highest BCUT2D eigenvalue weighted by atomic mass is 19.4. The molecule has 0 radical (unpaired) electrons. The molecule has 21 heavy (non-hydrogen) atoms. The lowest BCUT2D eigenvalue weighted by Crippen LogP contribution is -2.56. The quantitative estimate of drug-likeness (QED) is 0.910. The second-order valence-electron chi connectivity index (χ2n) is 4.67. The molecule has 1 aromatic carbocycles. The largest absolute Gasteiger partial charge is 0.497 e. The summed E-state index contributed by atoms with van der Waals surface area (Å²) in [7, 11) is 1.42. The molecule has 0 saturated heterocycles. The first kappa shape index (κ1) is 15.3. The third-order valence-electron chi connectivity index (χ3n) is 3.11. The zero-order valence-corrected chi connectivity index (χ0v) is 11.3. The molecule has 1 heterocycles. The summed E-state index contributed by atoms with van der Waals surface area (Å²) in [5.74, 6) is -0.576. The monoisotopic (exact) mass is 302 g/mol. The number of hydrazone groups is 1. The normalized spacial score (nSPS) is 22.2. The molecule has 0 aromatic heterocycles. The van der Waals surface area contributed by atoms with Gasteiger partial charge in [-0.2, -0.15) is 23.3 Å². The molecule has 1 unspecified atom stereocenters. The van der Waals surface area contributed by atoms with Crippen LogP contribution >= 0.6 is 0 Å². The Labute approximate surface area is 118 Å². The number of benzene rings is 1. The van der Waals surface area contributed by atoms with Crippen LogP contribution in [0.2, 0.25) is 0 Å². The van der Waals surface area contributed by atoms with E-state index in [4.69, 9.17) is 4.74 Å². The minimum atomic E-state index is -5.00. The number of amides is 1. The number of halogens is 3. The smallest absolute Gasteiger partial charge is 0.438 e. The van der Waals surface area contributed by atoms with E-state index in [0.29, 0.717) is 5.75 Å². The van der Waals surface area contributed by atoms with Gasteiger partial charge in [-0.05, 0) is 31.2 Å². The number of hydrogen-bond donors (Lipinski definition) is 1. The van der Waals surface area contributed by atoms with Gasteiger partial charge in [-0.15, -0.1) is 0 Å². The molecule has 1 aliphatic rings. The molecule has 1 N–H and O–H groups in total. The number of ether oxygens (including phenoxy) is 1. The van der Waals surface area contributed by atoms with Crippen LogP contribution in [0.4, 0.5) is 13.2 Å². The highest BCUT2D eigenvalue weighted by Crippen LogP contribution is 2.40. The fourth-order valence-corrected chi connectivity index (χ4v) is 2.01. The molecule has 114 valence electrons. The van der Waals surface area contributed by atoms with E-state index >= 15 is 0 Å². The number of carbonyl (C=O) groups excluding carboxylic acids is 1. The predicted octanol–water partition coefficient (Wildman–Crippen LogP) is 2.17. The van der Waals surface area contributed by atoms with Gasteiger partial charge in [0, 0.05) is 17.7 Å². The van der Waals surface area contributed by atoms with Crippen molar-refractivity contribution in [1.29, 1.82) is 0 Å². The number of alkyl halides is 3. The summed E-state index contributed by atoms with van der Waals surface area (Å²) >= 11 is 0. The summed E-state index contributed by atoms with van der Waals surface area (Å²) in [4.78, 5) is 12.2. The van der Waals surface area contributed by atoms with E-state index < -0.39 is 24.2 Å². The fourth-order valence-electron chi connectivity index (χ4n) is 2.01. The van der Waals surface area contributed by atoms with Crippen LogP contribution in [-0.2, 0) is 0 Å². The fraction of sp³-hybridized carbons (Fsp3) is 0.385. The summed E-state index contributed by atoms with van der Waals surface area (Å²) in [6, 6.07) is 5.49. The van der Waals surface area contributed by atoms with Crippen molar-refractivity contribution in [2.75, 3.05) is 7.11 Å². The number of nitrogens with zero attached hydrogens (tertiary/aromatic N) is 2. The molecule has 1 amide bonds. The van der Waals surface area contributed by atoms with Gasteiger partial charge in [0.2, 0.25) is 0 Å². The molecule has 1 atom stereocenters. The SMILES string of the molecule is COc1ccc(C(=O)N2N=C(C)CC2(O)C(F)(F)F)cc1. The molecule has 2 rings (SSSR count). The molecule has 0 aliphatic carbocycles. The van der Waals surface area contributed by atoms with Crippen molar-refractivity contribution in [3.63, 3.8) is 0 Å². The molecule has 1 aromatic rings. The highest BCUT2D eigenvalue weighted by molar-refractivity contribution is 5.97. The maximum atomic E-state index is 13.0. The summed E-state index contributed by atoms with van der Waals surface area (Å²) in [6.07, 6.45) is -5.77. The lowest BCUT2D eigenvalue weighted by Gasteiger charge is -2.32. The summed E-state index contributed by atoms with van der Waals surface area (Å²) in [5.41, 5.74) is -3.32. The average molecular weight is 302 g/mol. The number of aliphatic hydroxyl groups is 1. The minimum Gasteiger partial charge on any atom is -0.497 e. The zero-order chi connectivity index (χ0) is 15.8. The van der Waals surface area contributed by atoms with E-state index in [2.05, 4.69) is 5.10 Å². The standard InChI is InChI=1S/C13H13F3N2O3/c1-8-7-12(20,13(14,15)16)18(17-8)11(19)9-3-5-10(21-2)6-4-9/h3-6,20H,7H2,1-2H3. The average Bonchev–Trinajstić information content (AvgIpc) is 2.74. The Kier molecular flexibility index (Phi) is 3.66. The van der Waals surface area contributed by atoms with Crippen molar-refractivity contribution in [2.45, 2.75) is 25.2 Å².